The van der Waals surface area contributed by atoms with E-state index in [9.17, 15) is 13.2 Å². The number of aryl methyl sites for hydroxylation is 1. The minimum absolute atomic E-state index is 0.0318. The summed E-state index contributed by atoms with van der Waals surface area (Å²) in [6, 6.07) is 7.75. The van der Waals surface area contributed by atoms with Crippen molar-refractivity contribution in [2.75, 3.05) is 13.1 Å². The van der Waals surface area contributed by atoms with Gasteiger partial charge in [0.25, 0.3) is 0 Å². The van der Waals surface area contributed by atoms with E-state index >= 15 is 0 Å². The molecule has 140 valence electrons. The summed E-state index contributed by atoms with van der Waals surface area (Å²) >= 11 is 0. The van der Waals surface area contributed by atoms with Gasteiger partial charge in [-0.25, -0.2) is 12.7 Å². The monoisotopic (exact) mass is 366 g/mol. The van der Waals surface area contributed by atoms with Crippen molar-refractivity contribution in [3.63, 3.8) is 0 Å². The van der Waals surface area contributed by atoms with E-state index < -0.39 is 10.0 Å². The number of amides is 1. The van der Waals surface area contributed by atoms with Crippen LogP contribution < -0.4 is 5.32 Å². The van der Waals surface area contributed by atoms with Gasteiger partial charge in [-0.2, -0.15) is 0 Å². The zero-order valence-corrected chi connectivity index (χ0v) is 16.3. The van der Waals surface area contributed by atoms with Crippen LogP contribution in [-0.2, 0) is 20.6 Å². The van der Waals surface area contributed by atoms with Crippen molar-refractivity contribution in [2.24, 2.45) is 5.92 Å². The van der Waals surface area contributed by atoms with Gasteiger partial charge < -0.3 is 5.32 Å². The summed E-state index contributed by atoms with van der Waals surface area (Å²) in [5.74, 6) is 0.0190. The number of benzene rings is 1. The fourth-order valence-electron chi connectivity index (χ4n) is 3.32. The summed E-state index contributed by atoms with van der Waals surface area (Å²) in [5, 5.41) is 3.04. The van der Waals surface area contributed by atoms with Crippen molar-refractivity contribution in [3.8, 4) is 0 Å². The molecule has 1 heterocycles. The molecule has 25 heavy (non-hydrogen) atoms. The first-order chi connectivity index (χ1) is 11.8. The average Bonchev–Trinajstić information content (AvgIpc) is 2.57. The molecule has 1 fully saturated rings. The van der Waals surface area contributed by atoms with Gasteiger partial charge in [0.1, 0.15) is 0 Å². The second-order valence-electron chi connectivity index (χ2n) is 7.05. The van der Waals surface area contributed by atoms with Gasteiger partial charge in [0.2, 0.25) is 15.9 Å². The third kappa shape index (κ3) is 5.54. The van der Waals surface area contributed by atoms with E-state index in [1.54, 1.807) is 4.31 Å². The van der Waals surface area contributed by atoms with Gasteiger partial charge in [0.05, 0.1) is 5.75 Å². The fraction of sp³-hybridized carbons (Fsp3) is 0.632. The SMILES string of the molecule is CCCC(C)NC(=O)C1CCN(S(=O)(=O)Cc2ccccc2C)CC1. The maximum absolute atomic E-state index is 12.7. The standard InChI is InChI=1S/C19H30N2O3S/c1-4-7-16(3)20-19(22)17-10-12-21(13-11-17)25(23,24)14-18-9-6-5-8-15(18)2/h5-6,8-9,16-17H,4,7,10-14H2,1-3H3,(H,20,22). The van der Waals surface area contributed by atoms with Crippen LogP contribution in [0.15, 0.2) is 24.3 Å². The van der Waals surface area contributed by atoms with E-state index in [0.29, 0.717) is 25.9 Å². The molecule has 0 radical (unpaired) electrons. The molecule has 1 aromatic rings. The Morgan fingerprint density at radius 2 is 1.92 bits per heavy atom. The summed E-state index contributed by atoms with van der Waals surface area (Å²) in [4.78, 5) is 12.3. The van der Waals surface area contributed by atoms with Gasteiger partial charge >= 0.3 is 0 Å². The van der Waals surface area contributed by atoms with Crippen LogP contribution >= 0.6 is 0 Å². The summed E-state index contributed by atoms with van der Waals surface area (Å²) in [7, 11) is -3.34. The van der Waals surface area contributed by atoms with Crippen molar-refractivity contribution in [3.05, 3.63) is 35.4 Å². The number of nitrogens with zero attached hydrogens (tertiary/aromatic N) is 1. The maximum atomic E-state index is 12.7. The molecular formula is C19H30N2O3S. The Balaban J connectivity index is 1.90. The molecule has 1 saturated heterocycles. The van der Waals surface area contributed by atoms with Crippen molar-refractivity contribution >= 4 is 15.9 Å². The predicted molar refractivity (Wildman–Crippen MR) is 101 cm³/mol. The molecule has 1 unspecified atom stereocenters. The van der Waals surface area contributed by atoms with Crippen LogP contribution in [0.5, 0.6) is 0 Å². The van der Waals surface area contributed by atoms with Crippen LogP contribution in [-0.4, -0.2) is 37.8 Å². The summed E-state index contributed by atoms with van der Waals surface area (Å²) < 4.78 is 26.9. The van der Waals surface area contributed by atoms with E-state index in [2.05, 4.69) is 12.2 Å². The lowest BCUT2D eigenvalue weighted by Crippen LogP contribution is -2.45. The molecule has 5 nitrogen and oxygen atoms in total. The Labute approximate surface area is 151 Å². The zero-order valence-electron chi connectivity index (χ0n) is 15.5. The Morgan fingerprint density at radius 3 is 2.52 bits per heavy atom. The molecule has 0 bridgehead atoms. The molecule has 0 spiro atoms. The minimum Gasteiger partial charge on any atom is -0.353 e. The van der Waals surface area contributed by atoms with Gasteiger partial charge in [-0.15, -0.1) is 0 Å². The van der Waals surface area contributed by atoms with Crippen molar-refractivity contribution < 1.29 is 13.2 Å². The van der Waals surface area contributed by atoms with Gasteiger partial charge in [-0.05, 0) is 44.2 Å². The van der Waals surface area contributed by atoms with Crippen LogP contribution in [0.25, 0.3) is 0 Å². The molecule has 1 aliphatic heterocycles. The molecule has 0 aromatic heterocycles. The molecule has 6 heteroatoms. The molecule has 1 aromatic carbocycles. The fourth-order valence-corrected chi connectivity index (χ4v) is 4.99. The normalized spacial score (nSPS) is 18.0. The maximum Gasteiger partial charge on any atom is 0.223 e. The molecule has 0 aliphatic carbocycles. The summed E-state index contributed by atoms with van der Waals surface area (Å²) in [6.07, 6.45) is 3.20. The van der Waals surface area contributed by atoms with Crippen LogP contribution in [0, 0.1) is 12.8 Å². The highest BCUT2D eigenvalue weighted by Gasteiger charge is 2.31. The highest BCUT2D eigenvalue weighted by atomic mass is 32.2. The van der Waals surface area contributed by atoms with Crippen LogP contribution in [0.2, 0.25) is 0 Å². The smallest absolute Gasteiger partial charge is 0.223 e. The molecule has 1 aliphatic rings. The zero-order chi connectivity index (χ0) is 18.4. The van der Waals surface area contributed by atoms with Crippen molar-refractivity contribution in [2.45, 2.75) is 58.2 Å². The summed E-state index contributed by atoms with van der Waals surface area (Å²) in [6.45, 7) is 6.89. The molecule has 1 N–H and O–H groups in total. The number of rotatable bonds is 7. The lowest BCUT2D eigenvalue weighted by Gasteiger charge is -2.31. The molecule has 1 atom stereocenters. The highest BCUT2D eigenvalue weighted by Crippen LogP contribution is 2.23. The quantitative estimate of drug-likeness (QED) is 0.807. The second-order valence-corrected chi connectivity index (χ2v) is 9.02. The number of nitrogens with one attached hydrogen (secondary N) is 1. The van der Waals surface area contributed by atoms with Gasteiger partial charge in [0.15, 0.2) is 0 Å². The second kappa shape index (κ2) is 8.81. The van der Waals surface area contributed by atoms with E-state index in [1.165, 1.54) is 0 Å². The van der Waals surface area contributed by atoms with Crippen LogP contribution in [0.4, 0.5) is 0 Å². The molecule has 0 saturated carbocycles. The minimum atomic E-state index is -3.34. The predicted octanol–water partition coefficient (Wildman–Crippen LogP) is 2.84. The molecule has 1 amide bonds. The van der Waals surface area contributed by atoms with Gasteiger partial charge in [-0.3, -0.25) is 4.79 Å². The summed E-state index contributed by atoms with van der Waals surface area (Å²) in [5.41, 5.74) is 1.83. The number of hydrogen-bond acceptors (Lipinski definition) is 3. The van der Waals surface area contributed by atoms with E-state index in [-0.39, 0.29) is 23.6 Å². The average molecular weight is 367 g/mol. The van der Waals surface area contributed by atoms with E-state index in [0.717, 1.165) is 24.0 Å². The number of carbonyl (C=O) groups is 1. The lowest BCUT2D eigenvalue weighted by molar-refractivity contribution is -0.126. The van der Waals surface area contributed by atoms with Crippen molar-refractivity contribution in [1.82, 2.24) is 9.62 Å². The Kier molecular flexibility index (Phi) is 7.02. The number of carbonyl (C=O) groups excluding carboxylic acids is 1. The largest absolute Gasteiger partial charge is 0.353 e. The first kappa shape index (κ1) is 19.9. The topological polar surface area (TPSA) is 66.5 Å². The van der Waals surface area contributed by atoms with Crippen LogP contribution in [0.3, 0.4) is 0 Å². The van der Waals surface area contributed by atoms with Gasteiger partial charge in [0, 0.05) is 25.0 Å². The third-order valence-electron chi connectivity index (χ3n) is 4.93. The number of hydrogen-bond donors (Lipinski definition) is 1. The van der Waals surface area contributed by atoms with Crippen LogP contribution in [0.1, 0.15) is 50.7 Å². The molecular weight excluding hydrogens is 336 g/mol. The highest BCUT2D eigenvalue weighted by molar-refractivity contribution is 7.88. The third-order valence-corrected chi connectivity index (χ3v) is 6.76. The lowest BCUT2D eigenvalue weighted by atomic mass is 9.96. The number of piperidine rings is 1. The Morgan fingerprint density at radius 1 is 1.28 bits per heavy atom. The van der Waals surface area contributed by atoms with Crippen molar-refractivity contribution in [1.29, 1.82) is 0 Å². The van der Waals surface area contributed by atoms with E-state index in [1.807, 2.05) is 38.1 Å². The first-order valence-corrected chi connectivity index (χ1v) is 10.8. The Hall–Kier alpha value is -1.40. The molecule has 2 rings (SSSR count). The Bertz CT molecular complexity index is 680. The van der Waals surface area contributed by atoms with Gasteiger partial charge in [-0.1, -0.05) is 37.6 Å². The van der Waals surface area contributed by atoms with E-state index in [4.69, 9.17) is 0 Å². The number of sulfonamides is 1. The first-order valence-electron chi connectivity index (χ1n) is 9.16.